The zero-order valence-corrected chi connectivity index (χ0v) is 26.4. The Morgan fingerprint density at radius 1 is 1.00 bits per heavy atom. The molecule has 1 N–H and O–H groups in total. The zero-order valence-electron chi connectivity index (χ0n) is 24.8. The molecular formula is C31H38FN3O5S2. The summed E-state index contributed by atoms with van der Waals surface area (Å²) < 4.78 is 48.6. The first-order valence-corrected chi connectivity index (χ1v) is 16.2. The van der Waals surface area contributed by atoms with Gasteiger partial charge in [0.2, 0.25) is 11.8 Å². The van der Waals surface area contributed by atoms with Crippen LogP contribution in [-0.4, -0.2) is 56.1 Å². The van der Waals surface area contributed by atoms with E-state index < -0.39 is 45.8 Å². The van der Waals surface area contributed by atoms with E-state index >= 15 is 0 Å². The number of hydrogen-bond donors (Lipinski definition) is 1. The Morgan fingerprint density at radius 3 is 2.19 bits per heavy atom. The molecule has 0 aliphatic carbocycles. The van der Waals surface area contributed by atoms with E-state index in [1.54, 1.807) is 50.2 Å². The minimum Gasteiger partial charge on any atom is -0.492 e. The summed E-state index contributed by atoms with van der Waals surface area (Å²) in [7, 11) is -4.26. The van der Waals surface area contributed by atoms with E-state index in [-0.39, 0.29) is 23.7 Å². The average Bonchev–Trinajstić information content (AvgIpc) is 2.94. The summed E-state index contributed by atoms with van der Waals surface area (Å²) in [6, 6.07) is 17.6. The molecule has 226 valence electrons. The molecule has 0 saturated carbocycles. The van der Waals surface area contributed by atoms with E-state index in [1.807, 2.05) is 27.0 Å². The number of ether oxygens (including phenoxy) is 1. The van der Waals surface area contributed by atoms with E-state index in [9.17, 15) is 22.4 Å². The highest BCUT2D eigenvalue weighted by Crippen LogP contribution is 2.33. The number of halogens is 1. The van der Waals surface area contributed by atoms with Gasteiger partial charge in [-0.3, -0.25) is 13.9 Å². The minimum atomic E-state index is -4.26. The quantitative estimate of drug-likeness (QED) is 0.272. The van der Waals surface area contributed by atoms with Gasteiger partial charge >= 0.3 is 0 Å². The number of rotatable bonds is 12. The molecule has 0 spiro atoms. The van der Waals surface area contributed by atoms with Crippen molar-refractivity contribution < 1.29 is 27.1 Å². The van der Waals surface area contributed by atoms with Crippen LogP contribution in [0.15, 0.2) is 82.6 Å². The predicted molar refractivity (Wildman–Crippen MR) is 165 cm³/mol. The molecular weight excluding hydrogens is 577 g/mol. The van der Waals surface area contributed by atoms with Gasteiger partial charge in [0.25, 0.3) is 10.0 Å². The van der Waals surface area contributed by atoms with Crippen LogP contribution in [0.25, 0.3) is 0 Å². The molecule has 0 aliphatic heterocycles. The molecule has 0 bridgehead atoms. The highest BCUT2D eigenvalue weighted by atomic mass is 32.2. The smallest absolute Gasteiger partial charge is 0.264 e. The zero-order chi connectivity index (χ0) is 31.1. The van der Waals surface area contributed by atoms with Gasteiger partial charge in [0, 0.05) is 17.0 Å². The van der Waals surface area contributed by atoms with Crippen LogP contribution < -0.4 is 14.4 Å². The van der Waals surface area contributed by atoms with E-state index in [4.69, 9.17) is 4.74 Å². The maximum absolute atomic E-state index is 14.1. The lowest BCUT2D eigenvalue weighted by Gasteiger charge is -2.33. The molecule has 2 amide bonds. The molecule has 1 atom stereocenters. The average molecular weight is 616 g/mol. The Balaban J connectivity index is 2.09. The lowest BCUT2D eigenvalue weighted by atomic mass is 10.1. The molecule has 0 saturated heterocycles. The number of carbonyl (C=O) groups excluding carboxylic acids is 2. The highest BCUT2D eigenvalue weighted by Gasteiger charge is 2.34. The molecule has 0 radical (unpaired) electrons. The summed E-state index contributed by atoms with van der Waals surface area (Å²) in [5, 5.41) is 2.88. The SMILES string of the molecule is CCOc1ccccc1N(CC(=O)N(Cc1ccc(F)cc1)[C@@H](C)C(=O)NC(C)(C)C)S(=O)(=O)c1ccc(SC)cc1. The van der Waals surface area contributed by atoms with Gasteiger partial charge in [-0.2, -0.15) is 0 Å². The van der Waals surface area contributed by atoms with E-state index in [2.05, 4.69) is 5.32 Å². The Kier molecular flexibility index (Phi) is 11.0. The lowest BCUT2D eigenvalue weighted by molar-refractivity contribution is -0.140. The first kappa shape index (κ1) is 32.9. The predicted octanol–water partition coefficient (Wildman–Crippen LogP) is 5.47. The van der Waals surface area contributed by atoms with Gasteiger partial charge in [0.15, 0.2) is 0 Å². The number of anilines is 1. The standard InChI is InChI=1S/C31H38FN3O5S2/c1-7-40-28-11-9-8-10-27(28)35(42(38,39)26-18-16-25(41-6)17-19-26)21-29(36)34(20-23-12-14-24(32)15-13-23)22(2)30(37)33-31(3,4)5/h8-19,22H,7,20-21H2,1-6H3,(H,33,37)/t22-/m0/s1. The number of carbonyl (C=O) groups is 2. The third kappa shape index (κ3) is 8.48. The third-order valence-electron chi connectivity index (χ3n) is 6.29. The van der Waals surface area contributed by atoms with Crippen molar-refractivity contribution in [3.8, 4) is 5.75 Å². The van der Waals surface area contributed by atoms with Crippen LogP contribution in [-0.2, 0) is 26.2 Å². The second-order valence-electron chi connectivity index (χ2n) is 10.7. The Bertz CT molecular complexity index is 1470. The van der Waals surface area contributed by atoms with Crippen LogP contribution in [0.3, 0.4) is 0 Å². The number of nitrogens with zero attached hydrogens (tertiary/aromatic N) is 2. The van der Waals surface area contributed by atoms with E-state index in [0.29, 0.717) is 11.3 Å². The van der Waals surface area contributed by atoms with Gasteiger partial charge in [-0.05, 0) is 95.0 Å². The molecule has 0 aromatic heterocycles. The molecule has 11 heteroatoms. The number of para-hydroxylation sites is 2. The Morgan fingerprint density at radius 2 is 1.62 bits per heavy atom. The van der Waals surface area contributed by atoms with Crippen molar-refractivity contribution in [2.24, 2.45) is 0 Å². The van der Waals surface area contributed by atoms with Gasteiger partial charge in [-0.25, -0.2) is 12.8 Å². The Labute approximate surface area is 252 Å². The van der Waals surface area contributed by atoms with E-state index in [1.165, 1.54) is 53.1 Å². The van der Waals surface area contributed by atoms with Crippen molar-refractivity contribution >= 4 is 39.3 Å². The van der Waals surface area contributed by atoms with Crippen LogP contribution in [0.4, 0.5) is 10.1 Å². The van der Waals surface area contributed by atoms with Gasteiger partial charge in [0.1, 0.15) is 24.2 Å². The third-order valence-corrected chi connectivity index (χ3v) is 8.81. The second kappa shape index (κ2) is 14.1. The number of nitrogens with one attached hydrogen (secondary N) is 1. The van der Waals surface area contributed by atoms with Crippen LogP contribution in [0.5, 0.6) is 5.75 Å². The van der Waals surface area contributed by atoms with Gasteiger partial charge in [-0.1, -0.05) is 24.3 Å². The summed E-state index contributed by atoms with van der Waals surface area (Å²) in [6.45, 7) is 8.47. The highest BCUT2D eigenvalue weighted by molar-refractivity contribution is 7.98. The maximum atomic E-state index is 14.1. The van der Waals surface area contributed by atoms with E-state index in [0.717, 1.165) is 9.20 Å². The molecule has 0 unspecified atom stereocenters. The molecule has 0 fully saturated rings. The molecule has 3 aromatic carbocycles. The van der Waals surface area contributed by atoms with Crippen LogP contribution in [0.1, 0.15) is 40.2 Å². The van der Waals surface area contributed by atoms with Crippen LogP contribution in [0, 0.1) is 5.82 Å². The summed E-state index contributed by atoms with van der Waals surface area (Å²) in [4.78, 5) is 29.5. The normalized spacial score (nSPS) is 12.4. The monoisotopic (exact) mass is 615 g/mol. The van der Waals surface area contributed by atoms with Crippen molar-refractivity contribution in [3.05, 3.63) is 84.2 Å². The summed E-state index contributed by atoms with van der Waals surface area (Å²) in [6.07, 6.45) is 1.89. The summed E-state index contributed by atoms with van der Waals surface area (Å²) in [5.41, 5.74) is 0.206. The molecule has 42 heavy (non-hydrogen) atoms. The molecule has 8 nitrogen and oxygen atoms in total. The molecule has 0 heterocycles. The number of hydrogen-bond acceptors (Lipinski definition) is 6. The lowest BCUT2D eigenvalue weighted by Crippen LogP contribution is -2.54. The largest absolute Gasteiger partial charge is 0.492 e. The molecule has 3 rings (SSSR count). The second-order valence-corrected chi connectivity index (χ2v) is 13.4. The van der Waals surface area contributed by atoms with Crippen molar-refractivity contribution in [3.63, 3.8) is 0 Å². The fraction of sp³-hybridized carbons (Fsp3) is 0.355. The Hall–Kier alpha value is -3.57. The van der Waals surface area contributed by atoms with Crippen LogP contribution in [0.2, 0.25) is 0 Å². The van der Waals surface area contributed by atoms with Crippen molar-refractivity contribution in [1.82, 2.24) is 10.2 Å². The van der Waals surface area contributed by atoms with Gasteiger partial charge in [-0.15, -0.1) is 11.8 Å². The van der Waals surface area contributed by atoms with Crippen molar-refractivity contribution in [2.45, 2.75) is 62.5 Å². The van der Waals surface area contributed by atoms with Gasteiger partial charge < -0.3 is 15.0 Å². The van der Waals surface area contributed by atoms with Gasteiger partial charge in [0.05, 0.1) is 17.2 Å². The number of benzene rings is 3. The number of thioether (sulfide) groups is 1. The molecule has 0 aliphatic rings. The fourth-order valence-electron chi connectivity index (χ4n) is 4.17. The first-order chi connectivity index (χ1) is 19.8. The fourth-order valence-corrected chi connectivity index (χ4v) is 6.01. The van der Waals surface area contributed by atoms with Crippen molar-refractivity contribution in [1.29, 1.82) is 0 Å². The first-order valence-electron chi connectivity index (χ1n) is 13.5. The summed E-state index contributed by atoms with van der Waals surface area (Å²) in [5.74, 6) is -1.17. The van der Waals surface area contributed by atoms with Crippen LogP contribution >= 0.6 is 11.8 Å². The topological polar surface area (TPSA) is 96.0 Å². The summed E-state index contributed by atoms with van der Waals surface area (Å²) >= 11 is 1.48. The number of amides is 2. The maximum Gasteiger partial charge on any atom is 0.264 e. The molecule has 3 aromatic rings. The number of sulfonamides is 1. The van der Waals surface area contributed by atoms with Crippen molar-refractivity contribution in [2.75, 3.05) is 23.7 Å². The minimum absolute atomic E-state index is 0.00279.